The average Bonchev–Trinajstić information content (AvgIpc) is 2.56. The second-order valence-electron chi connectivity index (χ2n) is 4.89. The number of nitriles is 1. The molecule has 0 saturated carbocycles. The predicted octanol–water partition coefficient (Wildman–Crippen LogP) is -0.344. The summed E-state index contributed by atoms with van der Waals surface area (Å²) in [5.41, 5.74) is 0.0112. The van der Waals surface area contributed by atoms with Crippen LogP contribution in [-0.4, -0.2) is 39.3 Å². The van der Waals surface area contributed by atoms with Crippen molar-refractivity contribution in [2.75, 3.05) is 33.4 Å². The first-order chi connectivity index (χ1) is 11.1. The monoisotopic (exact) mass is 318 g/mol. The molecule has 1 rings (SSSR count). The van der Waals surface area contributed by atoms with Crippen molar-refractivity contribution in [3.8, 4) is 17.6 Å². The molecule has 0 aromatic heterocycles. The van der Waals surface area contributed by atoms with E-state index in [0.29, 0.717) is 23.7 Å². The van der Waals surface area contributed by atoms with Crippen molar-refractivity contribution < 1.29 is 24.3 Å². The van der Waals surface area contributed by atoms with E-state index >= 15 is 0 Å². The number of carbonyl (C=O) groups is 1. The molecule has 0 heterocycles. The minimum Gasteiger partial charge on any atom is -0.544 e. The molecule has 0 atom stereocenters. The highest BCUT2D eigenvalue weighted by Gasteiger charge is 2.12. The van der Waals surface area contributed by atoms with Crippen LogP contribution in [0.3, 0.4) is 0 Å². The molecule has 0 aliphatic rings. The quantitative estimate of drug-likeness (QED) is 0.497. The smallest absolute Gasteiger partial charge is 0.168 e. The van der Waals surface area contributed by atoms with E-state index in [1.807, 2.05) is 0 Å². The minimum atomic E-state index is -1.52. The molecule has 1 N–H and O–H groups in total. The lowest BCUT2D eigenvalue weighted by atomic mass is 10.1. The van der Waals surface area contributed by atoms with Gasteiger partial charge in [-0.05, 0) is 26.0 Å². The summed E-state index contributed by atoms with van der Waals surface area (Å²) >= 11 is 0. The Kier molecular flexibility index (Phi) is 7.64. The van der Waals surface area contributed by atoms with Crippen LogP contribution < -0.4 is 19.5 Å². The number of ether oxygens (including phenoxy) is 2. The number of benzene rings is 1. The summed E-state index contributed by atoms with van der Waals surface area (Å²) in [6, 6.07) is 6.70. The fraction of sp³-hybridized carbons (Fsp3) is 0.412. The van der Waals surface area contributed by atoms with Gasteiger partial charge in [-0.25, -0.2) is 0 Å². The van der Waals surface area contributed by atoms with Crippen LogP contribution in [-0.2, 0) is 4.79 Å². The standard InChI is InChI=1S/C17H22N2O4/c1-4-19(5-2)9-10-23-16-13(7-6-8-15(16)22-3)11-14(12-18)17(20)21/h6-8,11H,4-5,9-10H2,1-3H3,(H,20,21)/b14-11+. The molecule has 6 heteroatoms. The molecule has 1 aromatic rings. The number of carbonyl (C=O) groups excluding carboxylic acids is 1. The van der Waals surface area contributed by atoms with E-state index in [4.69, 9.17) is 14.7 Å². The Morgan fingerprint density at radius 2 is 2.09 bits per heavy atom. The highest BCUT2D eigenvalue weighted by molar-refractivity contribution is 5.95. The summed E-state index contributed by atoms with van der Waals surface area (Å²) in [5, 5.41) is 19.8. The molecule has 23 heavy (non-hydrogen) atoms. The fourth-order valence-corrected chi connectivity index (χ4v) is 2.16. The van der Waals surface area contributed by atoms with E-state index in [1.54, 1.807) is 24.3 Å². The first kappa shape index (κ1) is 18.5. The zero-order chi connectivity index (χ0) is 17.2. The van der Waals surface area contributed by atoms with Gasteiger partial charge in [0.05, 0.1) is 31.7 Å². The molecular weight excluding hydrogens is 296 g/mol. The van der Waals surface area contributed by atoms with Crippen LogP contribution >= 0.6 is 0 Å². The van der Waals surface area contributed by atoms with Gasteiger partial charge in [-0.1, -0.05) is 12.1 Å². The van der Waals surface area contributed by atoms with Gasteiger partial charge in [0.2, 0.25) is 0 Å². The third-order valence-electron chi connectivity index (χ3n) is 3.57. The van der Waals surface area contributed by atoms with Crippen LogP contribution in [0.4, 0.5) is 0 Å². The normalized spacial score (nSPS) is 11.2. The topological polar surface area (TPSA) is 86.8 Å². The summed E-state index contributed by atoms with van der Waals surface area (Å²) in [6.45, 7) is 7.50. The lowest BCUT2D eigenvalue weighted by molar-refractivity contribution is -0.896. The van der Waals surface area contributed by atoms with E-state index in [9.17, 15) is 9.90 Å². The van der Waals surface area contributed by atoms with Crippen LogP contribution in [0.5, 0.6) is 11.5 Å². The van der Waals surface area contributed by atoms with Crippen molar-refractivity contribution in [1.82, 2.24) is 0 Å². The molecule has 0 fully saturated rings. The number of likely N-dealkylation sites (N-methyl/N-ethyl adjacent to an activating group) is 1. The van der Waals surface area contributed by atoms with Crippen LogP contribution in [0.15, 0.2) is 23.8 Å². The predicted molar refractivity (Wildman–Crippen MR) is 84.0 cm³/mol. The molecule has 0 bridgehead atoms. The Morgan fingerprint density at radius 1 is 1.39 bits per heavy atom. The number of para-hydroxylation sites is 1. The zero-order valence-electron chi connectivity index (χ0n) is 13.7. The van der Waals surface area contributed by atoms with E-state index in [0.717, 1.165) is 19.6 Å². The largest absolute Gasteiger partial charge is 0.544 e. The minimum absolute atomic E-state index is 0.426. The molecule has 0 radical (unpaired) electrons. The highest BCUT2D eigenvalue weighted by Crippen LogP contribution is 2.32. The van der Waals surface area contributed by atoms with E-state index in [2.05, 4.69) is 13.8 Å². The van der Waals surface area contributed by atoms with Gasteiger partial charge in [-0.3, -0.25) is 0 Å². The summed E-state index contributed by atoms with van der Waals surface area (Å²) in [6.07, 6.45) is 1.23. The maximum absolute atomic E-state index is 10.9. The van der Waals surface area contributed by atoms with Crippen molar-refractivity contribution in [3.05, 3.63) is 29.3 Å². The van der Waals surface area contributed by atoms with Crippen molar-refractivity contribution in [2.24, 2.45) is 0 Å². The number of hydrogen-bond donors (Lipinski definition) is 1. The van der Waals surface area contributed by atoms with Gasteiger partial charge in [0.25, 0.3) is 0 Å². The number of quaternary nitrogens is 1. The molecule has 0 spiro atoms. The first-order valence-corrected chi connectivity index (χ1v) is 7.53. The average molecular weight is 318 g/mol. The maximum atomic E-state index is 10.9. The number of carboxylic acid groups (broad SMARTS) is 1. The number of aliphatic carboxylic acids is 1. The lowest BCUT2D eigenvalue weighted by Crippen LogP contribution is -3.12. The molecule has 124 valence electrons. The fourth-order valence-electron chi connectivity index (χ4n) is 2.16. The van der Waals surface area contributed by atoms with Crippen molar-refractivity contribution in [3.63, 3.8) is 0 Å². The molecule has 6 nitrogen and oxygen atoms in total. The van der Waals surface area contributed by atoms with Gasteiger partial charge >= 0.3 is 0 Å². The second-order valence-corrected chi connectivity index (χ2v) is 4.89. The number of hydrogen-bond acceptors (Lipinski definition) is 5. The molecule has 0 aliphatic carbocycles. The van der Waals surface area contributed by atoms with Gasteiger partial charge in [0, 0.05) is 5.56 Å². The zero-order valence-corrected chi connectivity index (χ0v) is 13.7. The summed E-state index contributed by atoms with van der Waals surface area (Å²) in [4.78, 5) is 12.3. The Morgan fingerprint density at radius 3 is 2.61 bits per heavy atom. The molecular formula is C17H22N2O4. The Bertz CT molecular complexity index is 601. The number of nitrogens with one attached hydrogen (secondary N) is 1. The summed E-state index contributed by atoms with van der Waals surface area (Å²) < 4.78 is 11.1. The van der Waals surface area contributed by atoms with Crippen LogP contribution in [0, 0.1) is 11.3 Å². The third-order valence-corrected chi connectivity index (χ3v) is 3.57. The van der Waals surface area contributed by atoms with Crippen molar-refractivity contribution in [1.29, 1.82) is 5.26 Å². The van der Waals surface area contributed by atoms with Gasteiger partial charge in [-0.2, -0.15) is 5.26 Å². The Labute approximate surface area is 136 Å². The van der Waals surface area contributed by atoms with Gasteiger partial charge in [-0.15, -0.1) is 0 Å². The van der Waals surface area contributed by atoms with Gasteiger partial charge in [0.1, 0.15) is 19.2 Å². The highest BCUT2D eigenvalue weighted by atomic mass is 16.5. The lowest BCUT2D eigenvalue weighted by Gasteiger charge is -2.17. The number of methoxy groups -OCH3 is 1. The Hall–Kier alpha value is -2.52. The van der Waals surface area contributed by atoms with Crippen molar-refractivity contribution >= 4 is 12.0 Å². The van der Waals surface area contributed by atoms with Crippen LogP contribution in [0.25, 0.3) is 6.08 Å². The number of nitrogens with zero attached hydrogens (tertiary/aromatic N) is 1. The summed E-state index contributed by atoms with van der Waals surface area (Å²) in [5.74, 6) is -0.603. The molecule has 0 amide bonds. The van der Waals surface area contributed by atoms with Crippen LogP contribution in [0.1, 0.15) is 19.4 Å². The van der Waals surface area contributed by atoms with E-state index < -0.39 is 11.5 Å². The van der Waals surface area contributed by atoms with Gasteiger partial charge < -0.3 is 24.3 Å². The van der Waals surface area contributed by atoms with E-state index in [-0.39, 0.29) is 0 Å². The summed E-state index contributed by atoms with van der Waals surface area (Å²) in [7, 11) is 1.51. The molecule has 1 aromatic carbocycles. The molecule has 0 saturated heterocycles. The van der Waals surface area contributed by atoms with Gasteiger partial charge in [0.15, 0.2) is 11.5 Å². The maximum Gasteiger partial charge on any atom is 0.168 e. The third kappa shape index (κ3) is 5.31. The number of carboxylic acids is 1. The second kappa shape index (κ2) is 9.49. The van der Waals surface area contributed by atoms with Crippen molar-refractivity contribution in [2.45, 2.75) is 13.8 Å². The molecule has 0 aliphatic heterocycles. The molecule has 0 unspecified atom stereocenters. The van der Waals surface area contributed by atoms with Crippen LogP contribution in [0.2, 0.25) is 0 Å². The number of rotatable bonds is 9. The van der Waals surface area contributed by atoms with E-state index in [1.165, 1.54) is 18.1 Å². The Balaban J connectivity index is 3.04. The first-order valence-electron chi connectivity index (χ1n) is 7.53. The SMILES string of the molecule is CC[NH+](CC)CCOc1c(/C=C(\C#N)C(=O)[O-])cccc1OC.